The Kier molecular flexibility index (Phi) is 3.06. The quantitative estimate of drug-likeness (QED) is 0.366. The van der Waals surface area contributed by atoms with E-state index in [2.05, 4.69) is 4.52 Å². The first-order valence-electron chi connectivity index (χ1n) is 5.02. The van der Waals surface area contributed by atoms with Crippen molar-refractivity contribution in [1.29, 1.82) is 0 Å². The molecule has 14 heavy (non-hydrogen) atoms. The molecule has 0 heterocycles. The molecule has 0 bridgehead atoms. The monoisotopic (exact) mass is 232 g/mol. The SMILES string of the molecule is [2H][13C]([2H])([2H])C(O)(CCOP(=O)(O)O)CC(=O)O. The van der Waals surface area contributed by atoms with Crippen molar-refractivity contribution in [3.05, 3.63) is 0 Å². The van der Waals surface area contributed by atoms with Crippen molar-refractivity contribution in [3.63, 3.8) is 0 Å². The van der Waals surface area contributed by atoms with E-state index in [0.717, 1.165) is 0 Å². The number of aliphatic hydroxyl groups is 1. The molecule has 0 spiro atoms. The predicted molar refractivity (Wildman–Crippen MR) is 45.5 cm³/mol. The summed E-state index contributed by atoms with van der Waals surface area (Å²) >= 11 is 0. The molecule has 0 saturated carbocycles. The molecule has 84 valence electrons. The van der Waals surface area contributed by atoms with E-state index >= 15 is 0 Å². The van der Waals surface area contributed by atoms with Crippen LogP contribution in [0.25, 0.3) is 0 Å². The van der Waals surface area contributed by atoms with Crippen LogP contribution >= 0.6 is 7.82 Å². The van der Waals surface area contributed by atoms with E-state index in [1.165, 1.54) is 0 Å². The second kappa shape index (κ2) is 4.86. The van der Waals surface area contributed by atoms with Gasteiger partial charge in [0.05, 0.1) is 18.6 Å². The van der Waals surface area contributed by atoms with Crippen LogP contribution in [0.4, 0.5) is 0 Å². The van der Waals surface area contributed by atoms with E-state index in [1.807, 2.05) is 0 Å². The molecule has 8 heteroatoms. The molecule has 0 amide bonds. The molecule has 4 N–H and O–H groups in total. The lowest BCUT2D eigenvalue weighted by molar-refractivity contribution is -0.142. The Balaban J connectivity index is 4.62. The molecule has 0 rings (SSSR count). The van der Waals surface area contributed by atoms with Crippen molar-refractivity contribution in [2.24, 2.45) is 0 Å². The highest BCUT2D eigenvalue weighted by atomic mass is 31.2. The van der Waals surface area contributed by atoms with Crippen molar-refractivity contribution in [2.75, 3.05) is 6.61 Å². The lowest BCUT2D eigenvalue weighted by atomic mass is 10.1. The van der Waals surface area contributed by atoms with Gasteiger partial charge in [0.1, 0.15) is 0 Å². The Labute approximate surface area is 84.8 Å². The zero-order valence-electron chi connectivity index (χ0n) is 10.1. The standard InChI is InChI=1S/C6H13O7P/c1-6(9,4-5(7)8)2-3-13-14(10,11)12/h9H,2-4H2,1H3,(H,7,8)(H2,10,11,12)/i1+1D3. The minimum Gasteiger partial charge on any atom is -0.481 e. The third-order valence-electron chi connectivity index (χ3n) is 1.22. The summed E-state index contributed by atoms with van der Waals surface area (Å²) in [6.45, 7) is -3.77. The summed E-state index contributed by atoms with van der Waals surface area (Å²) in [7, 11) is -4.78. The molecule has 0 aliphatic heterocycles. The highest BCUT2D eigenvalue weighted by Crippen LogP contribution is 2.36. The van der Waals surface area contributed by atoms with E-state index in [0.29, 0.717) is 0 Å². The van der Waals surface area contributed by atoms with Gasteiger partial charge >= 0.3 is 13.8 Å². The van der Waals surface area contributed by atoms with Crippen molar-refractivity contribution in [3.8, 4) is 0 Å². The Hall–Kier alpha value is -0.460. The van der Waals surface area contributed by atoms with Crippen LogP contribution in [-0.4, -0.2) is 38.2 Å². The van der Waals surface area contributed by atoms with Gasteiger partial charge in [0.25, 0.3) is 0 Å². The minimum atomic E-state index is -4.78. The zero-order valence-corrected chi connectivity index (χ0v) is 7.98. The van der Waals surface area contributed by atoms with Crippen LogP contribution < -0.4 is 0 Å². The first-order valence-corrected chi connectivity index (χ1v) is 5.05. The highest BCUT2D eigenvalue weighted by molar-refractivity contribution is 7.46. The molecular weight excluding hydrogens is 216 g/mol. The molecule has 0 aliphatic rings. The fourth-order valence-corrected chi connectivity index (χ4v) is 1.00. The summed E-state index contributed by atoms with van der Waals surface area (Å²) < 4.78 is 35.2. The lowest BCUT2D eigenvalue weighted by Gasteiger charge is -2.20. The number of carbonyl (C=O) groups is 1. The van der Waals surface area contributed by atoms with E-state index in [4.69, 9.17) is 19.0 Å². The average molecular weight is 232 g/mol. The number of aliphatic carboxylic acids is 1. The largest absolute Gasteiger partial charge is 0.481 e. The molecule has 0 saturated heterocycles. The highest BCUT2D eigenvalue weighted by Gasteiger charge is 2.25. The number of rotatable bonds is 6. The van der Waals surface area contributed by atoms with Crippen LogP contribution in [-0.2, 0) is 13.9 Å². The van der Waals surface area contributed by atoms with Crippen LogP contribution in [0.1, 0.15) is 23.8 Å². The first kappa shape index (κ1) is 8.82. The third-order valence-corrected chi connectivity index (χ3v) is 1.74. The topological polar surface area (TPSA) is 124 Å². The Morgan fingerprint density at radius 3 is 2.57 bits per heavy atom. The molecule has 1 atom stereocenters. The van der Waals surface area contributed by atoms with Crippen LogP contribution in [0, 0.1) is 0 Å². The van der Waals surface area contributed by atoms with Crippen LogP contribution in [0.15, 0.2) is 0 Å². The van der Waals surface area contributed by atoms with Gasteiger partial charge in [-0.25, -0.2) is 4.57 Å². The smallest absolute Gasteiger partial charge is 0.469 e. The van der Waals surface area contributed by atoms with Crippen molar-refractivity contribution >= 4 is 13.8 Å². The van der Waals surface area contributed by atoms with Gasteiger partial charge in [-0.05, 0) is 6.85 Å². The average Bonchev–Trinajstić information content (AvgIpc) is 1.96. The van der Waals surface area contributed by atoms with Gasteiger partial charge in [-0.15, -0.1) is 0 Å². The van der Waals surface area contributed by atoms with Gasteiger partial charge in [0.15, 0.2) is 0 Å². The number of phosphoric acid groups is 1. The Morgan fingerprint density at radius 1 is 1.64 bits per heavy atom. The van der Waals surface area contributed by atoms with Crippen LogP contribution in [0.3, 0.4) is 0 Å². The molecule has 0 aromatic heterocycles. The van der Waals surface area contributed by atoms with Crippen molar-refractivity contribution in [2.45, 2.75) is 25.3 Å². The van der Waals surface area contributed by atoms with E-state index < -0.39 is 45.7 Å². The third kappa shape index (κ3) is 8.15. The van der Waals surface area contributed by atoms with Crippen molar-refractivity contribution in [1.82, 2.24) is 0 Å². The van der Waals surface area contributed by atoms with Gasteiger partial charge in [0.2, 0.25) is 0 Å². The van der Waals surface area contributed by atoms with Gasteiger partial charge in [-0.3, -0.25) is 9.32 Å². The van der Waals surface area contributed by atoms with Crippen LogP contribution in [0.5, 0.6) is 0 Å². The summed E-state index contributed by atoms with van der Waals surface area (Å²) in [6.07, 6.45) is -1.81. The number of phosphoric ester groups is 1. The molecule has 1 unspecified atom stereocenters. The number of carboxylic acid groups (broad SMARTS) is 1. The summed E-state index contributed by atoms with van der Waals surface area (Å²) in [4.78, 5) is 27.1. The molecule has 0 fully saturated rings. The van der Waals surface area contributed by atoms with Gasteiger partial charge in [-0.2, -0.15) is 0 Å². The van der Waals surface area contributed by atoms with Crippen LogP contribution in [0.2, 0.25) is 0 Å². The summed E-state index contributed by atoms with van der Waals surface area (Å²) in [6, 6.07) is 0. The second-order valence-electron chi connectivity index (χ2n) is 2.68. The maximum absolute atomic E-state index is 10.4. The molecular formula is C6H13O7P. The molecule has 0 aliphatic carbocycles. The molecule has 0 aromatic rings. The lowest BCUT2D eigenvalue weighted by Crippen LogP contribution is -2.29. The maximum Gasteiger partial charge on any atom is 0.469 e. The summed E-state index contributed by atoms with van der Waals surface area (Å²) in [5.74, 6) is -1.54. The van der Waals surface area contributed by atoms with Crippen molar-refractivity contribution < 1.29 is 38.0 Å². The number of hydrogen-bond acceptors (Lipinski definition) is 4. The van der Waals surface area contributed by atoms with E-state index in [-0.39, 0.29) is 0 Å². The Morgan fingerprint density at radius 2 is 2.21 bits per heavy atom. The number of hydrogen-bond donors (Lipinski definition) is 4. The second-order valence-corrected chi connectivity index (χ2v) is 3.92. The van der Waals surface area contributed by atoms with Gasteiger partial charge < -0.3 is 20.0 Å². The fourth-order valence-electron chi connectivity index (χ4n) is 0.672. The first-order chi connectivity index (χ1) is 7.37. The molecule has 7 nitrogen and oxygen atoms in total. The van der Waals surface area contributed by atoms with E-state index in [1.54, 1.807) is 0 Å². The summed E-state index contributed by atoms with van der Waals surface area (Å²) in [5, 5.41) is 18.1. The minimum absolute atomic E-state index is 0.735. The molecule has 0 aromatic carbocycles. The molecule has 0 radical (unpaired) electrons. The Bertz CT molecular complexity index is 324. The van der Waals surface area contributed by atoms with Gasteiger partial charge in [0, 0.05) is 10.5 Å². The van der Waals surface area contributed by atoms with Gasteiger partial charge in [-0.1, -0.05) is 0 Å². The fraction of sp³-hybridized carbons (Fsp3) is 0.833. The zero-order chi connectivity index (χ0) is 13.9. The predicted octanol–water partition coefficient (Wildman–Crippen LogP) is -0.289. The maximum atomic E-state index is 10.4. The number of carboxylic acids is 1. The summed E-state index contributed by atoms with van der Waals surface area (Å²) in [5.41, 5.74) is -2.59. The normalized spacial score (nSPS) is 20.4. The van der Waals surface area contributed by atoms with E-state index in [9.17, 15) is 14.5 Å².